The Morgan fingerprint density at radius 2 is 2.10 bits per heavy atom. The molecule has 0 radical (unpaired) electrons. The number of carbonyl (C=O) groups excluding carboxylic acids is 1. The zero-order valence-corrected chi connectivity index (χ0v) is 13.0. The molecule has 1 aliphatic rings. The number of benzene rings is 1. The molecule has 1 aliphatic heterocycles. The fourth-order valence-corrected chi connectivity index (χ4v) is 2.70. The van der Waals surface area contributed by atoms with Crippen molar-refractivity contribution in [2.45, 2.75) is 26.7 Å². The summed E-state index contributed by atoms with van der Waals surface area (Å²) in [5.74, 6) is 0.606. The van der Waals surface area contributed by atoms with Gasteiger partial charge in [0.1, 0.15) is 0 Å². The average Bonchev–Trinajstić information content (AvgIpc) is 3.04. The minimum Gasteiger partial charge on any atom is -0.381 e. The molecule has 1 heterocycles. The summed E-state index contributed by atoms with van der Waals surface area (Å²) in [5, 5.41) is 0. The van der Waals surface area contributed by atoms with E-state index < -0.39 is 0 Å². The van der Waals surface area contributed by atoms with Crippen LogP contribution in [0.15, 0.2) is 36.4 Å². The molecule has 1 aromatic carbocycles. The van der Waals surface area contributed by atoms with E-state index in [0.29, 0.717) is 5.92 Å². The number of ether oxygens (including phenoxy) is 1. The molecule has 1 aromatic rings. The van der Waals surface area contributed by atoms with Crippen molar-refractivity contribution in [3.63, 3.8) is 0 Å². The molecule has 1 fully saturated rings. The second-order valence-electron chi connectivity index (χ2n) is 5.50. The molecule has 0 aromatic heterocycles. The van der Waals surface area contributed by atoms with Gasteiger partial charge in [-0.05, 0) is 30.9 Å². The lowest BCUT2D eigenvalue weighted by atomic mass is 10.0. The molecule has 0 N–H and O–H groups in total. The minimum atomic E-state index is 0.116. The van der Waals surface area contributed by atoms with E-state index in [4.69, 9.17) is 4.74 Å². The highest BCUT2D eigenvalue weighted by Crippen LogP contribution is 2.19. The predicted octanol–water partition coefficient (Wildman–Crippen LogP) is 3.37. The van der Waals surface area contributed by atoms with Crippen LogP contribution in [0.1, 0.15) is 32.3 Å². The molecule has 1 amide bonds. The van der Waals surface area contributed by atoms with Gasteiger partial charge in [-0.25, -0.2) is 0 Å². The fourth-order valence-electron chi connectivity index (χ4n) is 2.70. The quantitative estimate of drug-likeness (QED) is 0.751. The van der Waals surface area contributed by atoms with E-state index in [1.807, 2.05) is 30.0 Å². The van der Waals surface area contributed by atoms with Crippen LogP contribution < -0.4 is 0 Å². The number of carbonyl (C=O) groups is 1. The van der Waals surface area contributed by atoms with Gasteiger partial charge in [0.2, 0.25) is 5.91 Å². The van der Waals surface area contributed by atoms with Crippen molar-refractivity contribution in [3.05, 3.63) is 42.0 Å². The van der Waals surface area contributed by atoms with Gasteiger partial charge in [-0.1, -0.05) is 37.3 Å². The molecule has 0 spiro atoms. The number of rotatable bonds is 6. The zero-order valence-electron chi connectivity index (χ0n) is 13.0. The molecule has 1 saturated heterocycles. The molecule has 114 valence electrons. The molecule has 0 saturated carbocycles. The standard InChI is InChI=1S/C18H25NO2/c1-3-16(17-8-6-5-7-9-17)12-18(20)19(4-2)13-15-10-11-21-14-15/h5-9,12,15H,3-4,10-11,13-14H2,1-2H3. The first kappa shape index (κ1) is 15.8. The Kier molecular flexibility index (Phi) is 6.00. The lowest BCUT2D eigenvalue weighted by Crippen LogP contribution is -2.34. The highest BCUT2D eigenvalue weighted by Gasteiger charge is 2.20. The van der Waals surface area contributed by atoms with E-state index >= 15 is 0 Å². The molecular weight excluding hydrogens is 262 g/mol. The highest BCUT2D eigenvalue weighted by molar-refractivity contribution is 5.95. The van der Waals surface area contributed by atoms with Crippen LogP contribution in [-0.2, 0) is 9.53 Å². The van der Waals surface area contributed by atoms with E-state index in [1.165, 1.54) is 0 Å². The van der Waals surface area contributed by atoms with Gasteiger partial charge in [-0.3, -0.25) is 4.79 Å². The third-order valence-electron chi connectivity index (χ3n) is 4.02. The van der Waals surface area contributed by atoms with Crippen LogP contribution in [0.5, 0.6) is 0 Å². The zero-order chi connectivity index (χ0) is 15.1. The van der Waals surface area contributed by atoms with E-state index in [2.05, 4.69) is 19.1 Å². The second kappa shape index (κ2) is 7.99. The molecule has 21 heavy (non-hydrogen) atoms. The molecule has 0 aliphatic carbocycles. The lowest BCUT2D eigenvalue weighted by molar-refractivity contribution is -0.126. The number of likely N-dealkylation sites (N-methyl/N-ethyl adjacent to an activating group) is 1. The maximum absolute atomic E-state index is 12.5. The van der Waals surface area contributed by atoms with Gasteiger partial charge in [0, 0.05) is 31.7 Å². The predicted molar refractivity (Wildman–Crippen MR) is 85.9 cm³/mol. The Labute approximate surface area is 127 Å². The van der Waals surface area contributed by atoms with Crippen molar-refractivity contribution in [1.82, 2.24) is 4.90 Å². The Balaban J connectivity index is 2.06. The number of hydrogen-bond acceptors (Lipinski definition) is 2. The van der Waals surface area contributed by atoms with Gasteiger partial charge in [0.15, 0.2) is 0 Å². The largest absolute Gasteiger partial charge is 0.381 e. The van der Waals surface area contributed by atoms with Crippen LogP contribution >= 0.6 is 0 Å². The normalized spacial score (nSPS) is 18.8. The van der Waals surface area contributed by atoms with Crippen molar-refractivity contribution in [2.24, 2.45) is 5.92 Å². The Hall–Kier alpha value is -1.61. The SMILES string of the molecule is CCC(=CC(=O)N(CC)CC1CCOC1)c1ccccc1. The van der Waals surface area contributed by atoms with Crippen molar-refractivity contribution in [1.29, 1.82) is 0 Å². The summed E-state index contributed by atoms with van der Waals surface area (Å²) >= 11 is 0. The van der Waals surface area contributed by atoms with Crippen LogP contribution in [0.4, 0.5) is 0 Å². The van der Waals surface area contributed by atoms with Crippen molar-refractivity contribution >= 4 is 11.5 Å². The molecule has 3 heteroatoms. The van der Waals surface area contributed by atoms with Gasteiger partial charge in [-0.15, -0.1) is 0 Å². The van der Waals surface area contributed by atoms with Gasteiger partial charge >= 0.3 is 0 Å². The van der Waals surface area contributed by atoms with Crippen LogP contribution in [-0.4, -0.2) is 37.1 Å². The average molecular weight is 287 g/mol. The maximum Gasteiger partial charge on any atom is 0.246 e. The Morgan fingerprint density at radius 3 is 2.67 bits per heavy atom. The summed E-state index contributed by atoms with van der Waals surface area (Å²) in [6.45, 7) is 7.29. The minimum absolute atomic E-state index is 0.116. The van der Waals surface area contributed by atoms with Crippen molar-refractivity contribution < 1.29 is 9.53 Å². The molecule has 1 unspecified atom stereocenters. The number of amides is 1. The molecule has 1 atom stereocenters. The number of hydrogen-bond donors (Lipinski definition) is 0. The van der Waals surface area contributed by atoms with Gasteiger partial charge in [0.05, 0.1) is 6.61 Å². The Bertz CT molecular complexity index is 475. The van der Waals surface area contributed by atoms with Crippen molar-refractivity contribution in [3.8, 4) is 0 Å². The van der Waals surface area contributed by atoms with Gasteiger partial charge in [-0.2, -0.15) is 0 Å². The number of allylic oxidation sites excluding steroid dienone is 1. The third kappa shape index (κ3) is 4.43. The molecule has 3 nitrogen and oxygen atoms in total. The van der Waals surface area contributed by atoms with E-state index in [9.17, 15) is 4.79 Å². The number of nitrogens with zero attached hydrogens (tertiary/aromatic N) is 1. The van der Waals surface area contributed by atoms with E-state index in [-0.39, 0.29) is 5.91 Å². The first-order chi connectivity index (χ1) is 10.2. The summed E-state index contributed by atoms with van der Waals surface area (Å²) in [4.78, 5) is 14.4. The Morgan fingerprint density at radius 1 is 1.33 bits per heavy atom. The van der Waals surface area contributed by atoms with Crippen LogP contribution in [0, 0.1) is 5.92 Å². The topological polar surface area (TPSA) is 29.5 Å². The fraction of sp³-hybridized carbons (Fsp3) is 0.500. The molecule has 2 rings (SSSR count). The summed E-state index contributed by atoms with van der Waals surface area (Å²) in [6.07, 6.45) is 3.72. The third-order valence-corrected chi connectivity index (χ3v) is 4.02. The summed E-state index contributed by atoms with van der Waals surface area (Å²) in [7, 11) is 0. The molecular formula is C18H25NO2. The van der Waals surface area contributed by atoms with E-state index in [1.54, 1.807) is 6.08 Å². The van der Waals surface area contributed by atoms with Gasteiger partial charge in [0.25, 0.3) is 0 Å². The summed E-state index contributed by atoms with van der Waals surface area (Å²) < 4.78 is 5.40. The second-order valence-corrected chi connectivity index (χ2v) is 5.50. The monoisotopic (exact) mass is 287 g/mol. The van der Waals surface area contributed by atoms with E-state index in [0.717, 1.165) is 50.3 Å². The van der Waals surface area contributed by atoms with Crippen molar-refractivity contribution in [2.75, 3.05) is 26.3 Å². The van der Waals surface area contributed by atoms with Crippen LogP contribution in [0.2, 0.25) is 0 Å². The maximum atomic E-state index is 12.5. The highest BCUT2D eigenvalue weighted by atomic mass is 16.5. The summed E-state index contributed by atoms with van der Waals surface area (Å²) in [5.41, 5.74) is 2.23. The first-order valence-electron chi connectivity index (χ1n) is 7.87. The van der Waals surface area contributed by atoms with Crippen LogP contribution in [0.3, 0.4) is 0 Å². The van der Waals surface area contributed by atoms with Gasteiger partial charge < -0.3 is 9.64 Å². The lowest BCUT2D eigenvalue weighted by Gasteiger charge is -2.23. The molecule has 0 bridgehead atoms. The summed E-state index contributed by atoms with van der Waals surface area (Å²) in [6, 6.07) is 10.1. The first-order valence-corrected chi connectivity index (χ1v) is 7.87. The van der Waals surface area contributed by atoms with Crippen LogP contribution in [0.25, 0.3) is 5.57 Å². The smallest absolute Gasteiger partial charge is 0.246 e.